The molecule has 0 amide bonds. The van der Waals surface area contributed by atoms with Crippen LogP contribution < -0.4 is 4.90 Å². The molecule has 1 aliphatic rings. The van der Waals surface area contributed by atoms with Gasteiger partial charge in [0.2, 0.25) is 5.95 Å². The van der Waals surface area contributed by atoms with Gasteiger partial charge in [0.25, 0.3) is 0 Å². The fourth-order valence-corrected chi connectivity index (χ4v) is 3.28. The van der Waals surface area contributed by atoms with Crippen LogP contribution in [0.25, 0.3) is 0 Å². The maximum absolute atomic E-state index is 9.14. The lowest BCUT2D eigenvalue weighted by molar-refractivity contribution is 0.431. The third kappa shape index (κ3) is 3.87. The fraction of sp³-hybridized carbons (Fsp3) is 0.421. The smallest absolute Gasteiger partial charge is 0.227 e. The number of piperidine rings is 1. The largest absolute Gasteiger partial charge is 0.338 e. The van der Waals surface area contributed by atoms with Gasteiger partial charge in [-0.15, -0.1) is 0 Å². The topological polar surface area (TPSA) is 52.8 Å². The molecule has 1 aromatic heterocycles. The molecule has 1 atom stereocenters. The van der Waals surface area contributed by atoms with Crippen molar-refractivity contribution >= 4 is 5.95 Å². The summed E-state index contributed by atoms with van der Waals surface area (Å²) in [5.74, 6) is 0.722. The number of hydrogen-bond donors (Lipinski definition) is 0. The van der Waals surface area contributed by atoms with Gasteiger partial charge >= 0.3 is 0 Å². The van der Waals surface area contributed by atoms with Gasteiger partial charge in [-0.1, -0.05) is 30.3 Å². The average Bonchev–Trinajstić information content (AvgIpc) is 2.60. The molecule has 0 bridgehead atoms. The quantitative estimate of drug-likeness (QED) is 0.865. The minimum absolute atomic E-state index is 0.456. The van der Waals surface area contributed by atoms with Gasteiger partial charge < -0.3 is 4.90 Å². The first-order valence-corrected chi connectivity index (χ1v) is 8.32. The average molecular weight is 306 g/mol. The SMILES string of the molecule is Cc1cc(C#N)nc(N2CCCCC2CCc2ccccc2)n1. The Morgan fingerprint density at radius 2 is 2.04 bits per heavy atom. The summed E-state index contributed by atoms with van der Waals surface area (Å²) in [4.78, 5) is 11.3. The lowest BCUT2D eigenvalue weighted by Crippen LogP contribution is -2.41. The maximum Gasteiger partial charge on any atom is 0.227 e. The van der Waals surface area contributed by atoms with Gasteiger partial charge in [-0.2, -0.15) is 5.26 Å². The van der Waals surface area contributed by atoms with Gasteiger partial charge in [-0.25, -0.2) is 9.97 Å². The number of aryl methyl sites for hydroxylation is 2. The Balaban J connectivity index is 1.76. The highest BCUT2D eigenvalue weighted by Crippen LogP contribution is 2.25. The van der Waals surface area contributed by atoms with Crippen LogP contribution in [0, 0.1) is 18.3 Å². The summed E-state index contributed by atoms with van der Waals surface area (Å²) < 4.78 is 0. The molecule has 4 heteroatoms. The molecule has 23 heavy (non-hydrogen) atoms. The molecular formula is C19H22N4. The van der Waals surface area contributed by atoms with E-state index >= 15 is 0 Å². The van der Waals surface area contributed by atoms with E-state index in [0.29, 0.717) is 11.7 Å². The van der Waals surface area contributed by atoms with Crippen molar-refractivity contribution in [3.8, 4) is 6.07 Å². The van der Waals surface area contributed by atoms with Crippen LogP contribution in [0.2, 0.25) is 0 Å². The van der Waals surface area contributed by atoms with E-state index in [1.165, 1.54) is 24.8 Å². The zero-order valence-corrected chi connectivity index (χ0v) is 13.6. The molecule has 1 fully saturated rings. The lowest BCUT2D eigenvalue weighted by atomic mass is 9.96. The molecule has 0 saturated carbocycles. The minimum Gasteiger partial charge on any atom is -0.338 e. The molecule has 2 aromatic rings. The van der Waals surface area contributed by atoms with E-state index in [0.717, 1.165) is 31.0 Å². The summed E-state index contributed by atoms with van der Waals surface area (Å²) in [6.07, 6.45) is 5.77. The van der Waals surface area contributed by atoms with Crippen LogP contribution in [0.1, 0.15) is 42.6 Å². The summed E-state index contributed by atoms with van der Waals surface area (Å²) in [7, 11) is 0. The van der Waals surface area contributed by atoms with Crippen LogP contribution in [0.5, 0.6) is 0 Å². The number of nitrogens with zero attached hydrogens (tertiary/aromatic N) is 4. The van der Waals surface area contributed by atoms with Crippen molar-refractivity contribution in [3.63, 3.8) is 0 Å². The van der Waals surface area contributed by atoms with Crippen molar-refractivity contribution in [1.29, 1.82) is 5.26 Å². The third-order valence-corrected chi connectivity index (χ3v) is 4.45. The second-order valence-electron chi connectivity index (χ2n) is 6.17. The zero-order valence-electron chi connectivity index (χ0n) is 13.6. The first-order valence-electron chi connectivity index (χ1n) is 8.32. The number of nitriles is 1. The van der Waals surface area contributed by atoms with E-state index in [2.05, 4.69) is 51.3 Å². The molecule has 0 spiro atoms. The molecule has 3 rings (SSSR count). The predicted octanol–water partition coefficient (Wildman–Crippen LogP) is 3.65. The molecule has 2 heterocycles. The lowest BCUT2D eigenvalue weighted by Gasteiger charge is -2.36. The Morgan fingerprint density at radius 3 is 2.83 bits per heavy atom. The van der Waals surface area contributed by atoms with Gasteiger partial charge in [0.15, 0.2) is 0 Å². The highest BCUT2D eigenvalue weighted by atomic mass is 15.3. The second-order valence-corrected chi connectivity index (χ2v) is 6.17. The van der Waals surface area contributed by atoms with Crippen molar-refractivity contribution in [3.05, 3.63) is 53.3 Å². The van der Waals surface area contributed by atoms with Gasteiger partial charge in [-0.05, 0) is 50.7 Å². The van der Waals surface area contributed by atoms with E-state index in [4.69, 9.17) is 5.26 Å². The Bertz CT molecular complexity index is 690. The van der Waals surface area contributed by atoms with Gasteiger partial charge in [0.05, 0.1) is 0 Å². The highest BCUT2D eigenvalue weighted by Gasteiger charge is 2.24. The number of hydrogen-bond acceptors (Lipinski definition) is 4. The molecule has 1 unspecified atom stereocenters. The molecule has 0 N–H and O–H groups in total. The number of rotatable bonds is 4. The van der Waals surface area contributed by atoms with Gasteiger partial charge in [0.1, 0.15) is 11.8 Å². The van der Waals surface area contributed by atoms with E-state index in [1.54, 1.807) is 6.07 Å². The van der Waals surface area contributed by atoms with Crippen molar-refractivity contribution in [2.45, 2.75) is 45.1 Å². The minimum atomic E-state index is 0.456. The molecule has 118 valence electrons. The van der Waals surface area contributed by atoms with Gasteiger partial charge in [0, 0.05) is 18.3 Å². The van der Waals surface area contributed by atoms with Crippen molar-refractivity contribution in [2.75, 3.05) is 11.4 Å². The molecule has 1 aliphatic heterocycles. The predicted molar refractivity (Wildman–Crippen MR) is 91.2 cm³/mol. The summed E-state index contributed by atoms with van der Waals surface area (Å²) in [6, 6.07) is 15.0. The summed E-state index contributed by atoms with van der Waals surface area (Å²) in [6.45, 7) is 2.91. The van der Waals surface area contributed by atoms with Crippen LogP contribution in [-0.4, -0.2) is 22.6 Å². The Morgan fingerprint density at radius 1 is 1.22 bits per heavy atom. The first kappa shape index (κ1) is 15.5. The molecule has 4 nitrogen and oxygen atoms in total. The molecule has 0 radical (unpaired) electrons. The Hall–Kier alpha value is -2.41. The number of anilines is 1. The van der Waals surface area contributed by atoms with Crippen LogP contribution in [0.3, 0.4) is 0 Å². The molecule has 1 saturated heterocycles. The van der Waals surface area contributed by atoms with E-state index < -0.39 is 0 Å². The Kier molecular flexibility index (Phi) is 4.87. The van der Waals surface area contributed by atoms with Crippen LogP contribution in [0.4, 0.5) is 5.95 Å². The zero-order chi connectivity index (χ0) is 16.1. The number of aromatic nitrogens is 2. The third-order valence-electron chi connectivity index (χ3n) is 4.45. The number of benzene rings is 1. The fourth-order valence-electron chi connectivity index (χ4n) is 3.28. The van der Waals surface area contributed by atoms with Gasteiger partial charge in [-0.3, -0.25) is 0 Å². The van der Waals surface area contributed by atoms with E-state index in [-0.39, 0.29) is 0 Å². The summed E-state index contributed by atoms with van der Waals surface area (Å²) in [5.41, 5.74) is 2.69. The second kappa shape index (κ2) is 7.23. The monoisotopic (exact) mass is 306 g/mol. The normalized spacial score (nSPS) is 17.7. The maximum atomic E-state index is 9.14. The van der Waals surface area contributed by atoms with Crippen molar-refractivity contribution in [1.82, 2.24) is 9.97 Å². The first-order chi connectivity index (χ1) is 11.3. The van der Waals surface area contributed by atoms with Crippen LogP contribution >= 0.6 is 0 Å². The van der Waals surface area contributed by atoms with E-state index in [9.17, 15) is 0 Å². The molecule has 0 aliphatic carbocycles. The summed E-state index contributed by atoms with van der Waals surface area (Å²) in [5, 5.41) is 9.14. The molecule has 1 aromatic carbocycles. The summed E-state index contributed by atoms with van der Waals surface area (Å²) >= 11 is 0. The Labute approximate surface area is 137 Å². The van der Waals surface area contributed by atoms with E-state index in [1.807, 2.05) is 6.92 Å². The van der Waals surface area contributed by atoms with Crippen molar-refractivity contribution < 1.29 is 0 Å². The van der Waals surface area contributed by atoms with Crippen molar-refractivity contribution in [2.24, 2.45) is 0 Å². The molecular weight excluding hydrogens is 284 g/mol. The highest BCUT2D eigenvalue weighted by molar-refractivity contribution is 5.37. The van der Waals surface area contributed by atoms with Crippen LogP contribution in [-0.2, 0) is 6.42 Å². The van der Waals surface area contributed by atoms with Crippen LogP contribution in [0.15, 0.2) is 36.4 Å². The standard InChI is InChI=1S/C19H22N4/c1-15-13-17(14-20)22-19(21-15)23-12-6-5-9-18(23)11-10-16-7-3-2-4-8-16/h2-4,7-8,13,18H,5-6,9-12H2,1H3.